The summed E-state index contributed by atoms with van der Waals surface area (Å²) in [5, 5.41) is 13.2. The molecule has 2 N–H and O–H groups in total. The van der Waals surface area contributed by atoms with E-state index >= 15 is 0 Å². The molecule has 1 aliphatic rings. The van der Waals surface area contributed by atoms with Crippen LogP contribution in [-0.2, 0) is 11.3 Å². The number of aliphatic hydroxyl groups is 1. The van der Waals surface area contributed by atoms with Gasteiger partial charge in [-0.25, -0.2) is 0 Å². The van der Waals surface area contributed by atoms with Crippen LogP contribution in [0.1, 0.15) is 18.4 Å². The van der Waals surface area contributed by atoms with Gasteiger partial charge in [0.25, 0.3) is 0 Å². The van der Waals surface area contributed by atoms with Gasteiger partial charge < -0.3 is 20.1 Å². The van der Waals surface area contributed by atoms with E-state index in [9.17, 15) is 5.11 Å². The number of nitrogens with one attached hydrogen (secondary N) is 1. The lowest BCUT2D eigenvalue weighted by Gasteiger charge is -2.22. The third kappa shape index (κ3) is 4.82. The number of anilines is 1. The van der Waals surface area contributed by atoms with Gasteiger partial charge in [0.15, 0.2) is 0 Å². The molecule has 2 rings (SSSR count). The van der Waals surface area contributed by atoms with Crippen LogP contribution in [0.5, 0.6) is 0 Å². The van der Waals surface area contributed by atoms with Gasteiger partial charge in [-0.3, -0.25) is 0 Å². The molecule has 1 atom stereocenters. The van der Waals surface area contributed by atoms with Crippen LogP contribution < -0.4 is 10.2 Å². The van der Waals surface area contributed by atoms with Crippen molar-refractivity contribution in [3.63, 3.8) is 0 Å². The van der Waals surface area contributed by atoms with Crippen LogP contribution in [0.3, 0.4) is 0 Å². The molecule has 1 saturated carbocycles. The van der Waals surface area contributed by atoms with Crippen LogP contribution in [0.25, 0.3) is 0 Å². The molecule has 1 unspecified atom stereocenters. The van der Waals surface area contributed by atoms with E-state index in [1.165, 1.54) is 18.4 Å². The van der Waals surface area contributed by atoms with Crippen LogP contribution >= 0.6 is 0 Å². The fraction of sp³-hybridized carbons (Fsp3) is 0.600. The highest BCUT2D eigenvalue weighted by Crippen LogP contribution is 2.20. The molecule has 1 aromatic rings. The average molecular weight is 264 g/mol. The highest BCUT2D eigenvalue weighted by atomic mass is 16.5. The Labute approximate surface area is 115 Å². The van der Waals surface area contributed by atoms with Gasteiger partial charge in [-0.15, -0.1) is 0 Å². The minimum absolute atomic E-state index is 0.369. The summed E-state index contributed by atoms with van der Waals surface area (Å²) < 4.78 is 4.93. The quantitative estimate of drug-likeness (QED) is 0.744. The normalized spacial score (nSPS) is 16.4. The maximum absolute atomic E-state index is 9.71. The van der Waals surface area contributed by atoms with E-state index in [0.717, 1.165) is 18.3 Å². The minimum atomic E-state index is -0.453. The summed E-state index contributed by atoms with van der Waals surface area (Å²) in [7, 11) is 3.58. The highest BCUT2D eigenvalue weighted by molar-refractivity contribution is 5.47. The van der Waals surface area contributed by atoms with Crippen LogP contribution in [0.15, 0.2) is 24.3 Å². The Balaban J connectivity index is 1.82. The molecule has 0 aliphatic heterocycles. The number of nitrogens with zero attached hydrogens (tertiary/aromatic N) is 1. The standard InChI is InChI=1S/C15H24N2O2/c1-17(10-15(18)11-19-2)14-7-3-12(4-8-14)9-16-13-5-6-13/h3-4,7-8,13,15-16,18H,5-6,9-11H2,1-2H3. The first-order chi connectivity index (χ1) is 9.19. The SMILES string of the molecule is COCC(O)CN(C)c1ccc(CNC2CC2)cc1. The van der Waals surface area contributed by atoms with Crippen molar-refractivity contribution in [2.75, 3.05) is 32.2 Å². The molecule has 106 valence electrons. The fourth-order valence-corrected chi connectivity index (χ4v) is 2.08. The summed E-state index contributed by atoms with van der Waals surface area (Å²) in [5.41, 5.74) is 2.42. The molecule has 1 aliphatic carbocycles. The maximum atomic E-state index is 9.71. The van der Waals surface area contributed by atoms with Crippen LogP contribution in [0, 0.1) is 0 Å². The number of ether oxygens (including phenoxy) is 1. The average Bonchev–Trinajstić information content (AvgIpc) is 3.21. The van der Waals surface area contributed by atoms with Crippen molar-refractivity contribution in [2.24, 2.45) is 0 Å². The predicted octanol–water partition coefficient (Wildman–Crippen LogP) is 1.38. The van der Waals surface area contributed by atoms with E-state index in [0.29, 0.717) is 13.2 Å². The molecule has 0 heterocycles. The second-order valence-corrected chi connectivity index (χ2v) is 5.31. The number of aliphatic hydroxyl groups excluding tert-OH is 1. The van der Waals surface area contributed by atoms with E-state index in [2.05, 4.69) is 29.6 Å². The summed E-state index contributed by atoms with van der Waals surface area (Å²) in [6.45, 7) is 1.89. The molecule has 0 spiro atoms. The zero-order valence-corrected chi connectivity index (χ0v) is 11.8. The van der Waals surface area contributed by atoms with Gasteiger partial charge >= 0.3 is 0 Å². The Hall–Kier alpha value is -1.10. The summed E-state index contributed by atoms with van der Waals surface area (Å²) >= 11 is 0. The molecule has 1 fully saturated rings. The summed E-state index contributed by atoms with van der Waals surface area (Å²) in [5.74, 6) is 0. The number of methoxy groups -OCH3 is 1. The van der Waals surface area contributed by atoms with E-state index in [4.69, 9.17) is 4.74 Å². The molecule has 0 bridgehead atoms. The lowest BCUT2D eigenvalue weighted by atomic mass is 10.2. The Morgan fingerprint density at radius 2 is 2.05 bits per heavy atom. The van der Waals surface area contributed by atoms with E-state index in [-0.39, 0.29) is 0 Å². The van der Waals surface area contributed by atoms with Crippen molar-refractivity contribution in [1.29, 1.82) is 0 Å². The smallest absolute Gasteiger partial charge is 0.0947 e. The van der Waals surface area contributed by atoms with Gasteiger partial charge in [-0.1, -0.05) is 12.1 Å². The molecular formula is C15H24N2O2. The van der Waals surface area contributed by atoms with Crippen LogP contribution in [0.4, 0.5) is 5.69 Å². The third-order valence-corrected chi connectivity index (χ3v) is 3.39. The van der Waals surface area contributed by atoms with Crippen molar-refractivity contribution in [3.05, 3.63) is 29.8 Å². The maximum Gasteiger partial charge on any atom is 0.0947 e. The van der Waals surface area contributed by atoms with Crippen molar-refractivity contribution >= 4 is 5.69 Å². The van der Waals surface area contributed by atoms with Crippen LogP contribution in [-0.4, -0.2) is 44.6 Å². The number of benzene rings is 1. The number of hydrogen-bond donors (Lipinski definition) is 2. The first-order valence-corrected chi connectivity index (χ1v) is 6.89. The Bertz CT molecular complexity index is 376. The summed E-state index contributed by atoms with van der Waals surface area (Å²) in [6.07, 6.45) is 2.18. The van der Waals surface area contributed by atoms with Gasteiger partial charge in [0.2, 0.25) is 0 Å². The fourth-order valence-electron chi connectivity index (χ4n) is 2.08. The van der Waals surface area contributed by atoms with Crippen molar-refractivity contribution in [3.8, 4) is 0 Å². The number of hydrogen-bond acceptors (Lipinski definition) is 4. The zero-order chi connectivity index (χ0) is 13.7. The van der Waals surface area contributed by atoms with Gasteiger partial charge in [-0.05, 0) is 30.5 Å². The zero-order valence-electron chi connectivity index (χ0n) is 11.8. The third-order valence-electron chi connectivity index (χ3n) is 3.39. The molecule has 19 heavy (non-hydrogen) atoms. The molecule has 4 nitrogen and oxygen atoms in total. The molecule has 0 radical (unpaired) electrons. The minimum Gasteiger partial charge on any atom is -0.389 e. The van der Waals surface area contributed by atoms with Gasteiger partial charge in [0.05, 0.1) is 12.7 Å². The molecule has 4 heteroatoms. The monoisotopic (exact) mass is 264 g/mol. The predicted molar refractivity (Wildman–Crippen MR) is 77.5 cm³/mol. The van der Waals surface area contributed by atoms with Crippen molar-refractivity contribution in [1.82, 2.24) is 5.32 Å². The Morgan fingerprint density at radius 3 is 2.63 bits per heavy atom. The number of rotatable bonds is 8. The summed E-state index contributed by atoms with van der Waals surface area (Å²) in [4.78, 5) is 2.04. The first-order valence-electron chi connectivity index (χ1n) is 6.89. The van der Waals surface area contributed by atoms with Gasteiger partial charge in [0.1, 0.15) is 0 Å². The molecule has 0 amide bonds. The summed E-state index contributed by atoms with van der Waals surface area (Å²) in [6, 6.07) is 9.23. The van der Waals surface area contributed by atoms with Gasteiger partial charge in [0, 0.05) is 39.0 Å². The molecular weight excluding hydrogens is 240 g/mol. The van der Waals surface area contributed by atoms with Crippen molar-refractivity contribution in [2.45, 2.75) is 31.5 Å². The van der Waals surface area contributed by atoms with Crippen molar-refractivity contribution < 1.29 is 9.84 Å². The highest BCUT2D eigenvalue weighted by Gasteiger charge is 2.19. The molecule has 1 aromatic carbocycles. The second-order valence-electron chi connectivity index (χ2n) is 5.31. The van der Waals surface area contributed by atoms with E-state index in [1.54, 1.807) is 7.11 Å². The largest absolute Gasteiger partial charge is 0.389 e. The van der Waals surface area contributed by atoms with E-state index < -0.39 is 6.10 Å². The Kier molecular flexibility index (Phi) is 5.19. The number of likely N-dealkylation sites (N-methyl/N-ethyl adjacent to an activating group) is 1. The Morgan fingerprint density at radius 1 is 1.37 bits per heavy atom. The lowest BCUT2D eigenvalue weighted by molar-refractivity contribution is 0.0695. The second kappa shape index (κ2) is 6.89. The molecule has 0 saturated heterocycles. The molecule has 0 aromatic heterocycles. The van der Waals surface area contributed by atoms with Gasteiger partial charge in [-0.2, -0.15) is 0 Å². The van der Waals surface area contributed by atoms with Crippen LogP contribution in [0.2, 0.25) is 0 Å². The first kappa shape index (κ1) is 14.3. The topological polar surface area (TPSA) is 44.7 Å². The lowest BCUT2D eigenvalue weighted by Crippen LogP contribution is -2.31. The van der Waals surface area contributed by atoms with E-state index in [1.807, 2.05) is 11.9 Å².